The van der Waals surface area contributed by atoms with Crippen LogP contribution < -0.4 is 10.1 Å². The van der Waals surface area contributed by atoms with Crippen molar-refractivity contribution >= 4 is 17.8 Å². The summed E-state index contributed by atoms with van der Waals surface area (Å²) in [5, 5.41) is 18.1. The lowest BCUT2D eigenvalue weighted by atomic mass is 9.95. The molecule has 1 saturated carbocycles. The van der Waals surface area contributed by atoms with Gasteiger partial charge in [-0.25, -0.2) is 9.59 Å². The molecule has 8 heteroatoms. The molecule has 0 spiro atoms. The predicted octanol–water partition coefficient (Wildman–Crippen LogP) is 3.91. The van der Waals surface area contributed by atoms with Crippen molar-refractivity contribution in [2.24, 2.45) is 5.92 Å². The molecule has 1 saturated heterocycles. The third-order valence-electron chi connectivity index (χ3n) is 6.13. The summed E-state index contributed by atoms with van der Waals surface area (Å²) in [6.07, 6.45) is 6.75. The molecule has 0 unspecified atom stereocenters. The van der Waals surface area contributed by atoms with E-state index in [1.807, 2.05) is 36.4 Å². The van der Waals surface area contributed by atoms with Crippen molar-refractivity contribution < 1.29 is 29.3 Å². The number of nitrogens with zero attached hydrogens (tertiary/aromatic N) is 1. The normalized spacial score (nSPS) is 16.8. The molecule has 3 N–H and O–H groups in total. The Kier molecular flexibility index (Phi) is 9.46. The molecule has 0 aromatic heterocycles. The molecule has 2 aromatic carbocycles. The van der Waals surface area contributed by atoms with Gasteiger partial charge in [-0.1, -0.05) is 43.2 Å². The van der Waals surface area contributed by atoms with Crippen LogP contribution in [0.4, 0.5) is 0 Å². The number of ether oxygens (including phenoxy) is 1. The highest BCUT2D eigenvalue weighted by atomic mass is 16.5. The van der Waals surface area contributed by atoms with Crippen LogP contribution in [0, 0.1) is 5.92 Å². The zero-order valence-electron chi connectivity index (χ0n) is 19.2. The number of piperidine rings is 1. The second-order valence-electron chi connectivity index (χ2n) is 8.71. The molecule has 1 heterocycles. The van der Waals surface area contributed by atoms with Crippen molar-refractivity contribution in [3.05, 3.63) is 60.2 Å². The number of carbonyl (C=O) groups is 3. The summed E-state index contributed by atoms with van der Waals surface area (Å²) in [5.41, 5.74) is 1.25. The van der Waals surface area contributed by atoms with Crippen LogP contribution in [0.25, 0.3) is 0 Å². The number of hydrogen-bond acceptors (Lipinski definition) is 5. The van der Waals surface area contributed by atoms with Crippen LogP contribution in [0.2, 0.25) is 0 Å². The molecular weight excluding hydrogens is 436 g/mol. The molecule has 1 amide bonds. The van der Waals surface area contributed by atoms with Crippen LogP contribution in [0.3, 0.4) is 0 Å². The molecule has 2 aromatic rings. The van der Waals surface area contributed by atoms with Crippen molar-refractivity contribution in [2.75, 3.05) is 13.1 Å². The van der Waals surface area contributed by atoms with E-state index in [4.69, 9.17) is 24.5 Å². The van der Waals surface area contributed by atoms with E-state index in [1.54, 1.807) is 0 Å². The maximum absolute atomic E-state index is 12.5. The first-order valence-electron chi connectivity index (χ1n) is 11.7. The van der Waals surface area contributed by atoms with Crippen LogP contribution in [0.1, 0.15) is 44.1 Å². The van der Waals surface area contributed by atoms with Gasteiger partial charge >= 0.3 is 11.9 Å². The maximum Gasteiger partial charge on any atom is 0.414 e. The Bertz CT molecular complexity index is 939. The number of carboxylic acid groups (broad SMARTS) is 2. The number of para-hydroxylation sites is 1. The summed E-state index contributed by atoms with van der Waals surface area (Å²) in [6.45, 7) is 2.86. The highest BCUT2D eigenvalue weighted by molar-refractivity contribution is 6.27. The van der Waals surface area contributed by atoms with E-state index in [0.717, 1.165) is 56.8 Å². The summed E-state index contributed by atoms with van der Waals surface area (Å²) in [6, 6.07) is 18.6. The lowest BCUT2D eigenvalue weighted by Gasteiger charge is -2.32. The van der Waals surface area contributed by atoms with Crippen molar-refractivity contribution in [2.45, 2.75) is 51.1 Å². The topological polar surface area (TPSA) is 116 Å². The molecule has 1 aliphatic carbocycles. The molecule has 8 nitrogen and oxygen atoms in total. The first-order valence-corrected chi connectivity index (χ1v) is 11.7. The fraction of sp³-hybridized carbons (Fsp3) is 0.423. The smallest absolute Gasteiger partial charge is 0.414 e. The molecule has 182 valence electrons. The molecule has 4 rings (SSSR count). The van der Waals surface area contributed by atoms with Gasteiger partial charge in [0.25, 0.3) is 0 Å². The number of carbonyl (C=O) groups excluding carboxylic acids is 1. The second-order valence-corrected chi connectivity index (χ2v) is 8.71. The van der Waals surface area contributed by atoms with Gasteiger partial charge < -0.3 is 20.3 Å². The van der Waals surface area contributed by atoms with E-state index in [9.17, 15) is 4.79 Å². The minimum Gasteiger partial charge on any atom is -0.473 e. The van der Waals surface area contributed by atoms with Gasteiger partial charge in [-0.15, -0.1) is 0 Å². The van der Waals surface area contributed by atoms with Crippen molar-refractivity contribution in [1.82, 2.24) is 10.2 Å². The molecule has 0 atom stereocenters. The zero-order chi connectivity index (χ0) is 24.3. The van der Waals surface area contributed by atoms with E-state index >= 15 is 0 Å². The summed E-state index contributed by atoms with van der Waals surface area (Å²) in [5.74, 6) is -1.46. The third kappa shape index (κ3) is 8.19. The largest absolute Gasteiger partial charge is 0.473 e. The maximum atomic E-state index is 12.5. The third-order valence-corrected chi connectivity index (χ3v) is 6.13. The number of nitrogens with one attached hydrogen (secondary N) is 1. The van der Waals surface area contributed by atoms with E-state index in [2.05, 4.69) is 28.4 Å². The molecule has 34 heavy (non-hydrogen) atoms. The second kappa shape index (κ2) is 12.7. The predicted molar refractivity (Wildman–Crippen MR) is 127 cm³/mol. The Hall–Kier alpha value is -3.39. The molecule has 0 radical (unpaired) electrons. The summed E-state index contributed by atoms with van der Waals surface area (Å²) in [7, 11) is 0. The fourth-order valence-electron chi connectivity index (χ4n) is 4.33. The Morgan fingerprint density at radius 3 is 2.09 bits per heavy atom. The lowest BCUT2D eigenvalue weighted by Crippen LogP contribution is -2.42. The molecule has 2 aliphatic rings. The van der Waals surface area contributed by atoms with Crippen LogP contribution in [-0.4, -0.2) is 52.1 Å². The first-order chi connectivity index (χ1) is 16.4. The highest BCUT2D eigenvalue weighted by Crippen LogP contribution is 2.25. The minimum atomic E-state index is -1.82. The van der Waals surface area contributed by atoms with E-state index in [-0.39, 0.29) is 11.8 Å². The standard InChI is InChI=1S/C24H30N2O2.C2H2O4/c27-24(25-21-8-4-5-9-21)20-13-15-26(16-14-20)18-19-7-6-12-23(17-19)28-22-10-2-1-3-11-22;3-1(4)2(5)6/h1-3,6-7,10-12,17,20-21H,4-5,8-9,13-16,18H2,(H,25,27);(H,3,4)(H,5,6). The monoisotopic (exact) mass is 468 g/mol. The summed E-state index contributed by atoms with van der Waals surface area (Å²) in [4.78, 5) is 33.1. The Balaban J connectivity index is 0.000000481. The van der Waals surface area contributed by atoms with Gasteiger partial charge in [0.2, 0.25) is 5.91 Å². The number of amides is 1. The van der Waals surface area contributed by atoms with Gasteiger partial charge in [-0.2, -0.15) is 0 Å². The van der Waals surface area contributed by atoms with Crippen molar-refractivity contribution in [3.8, 4) is 11.5 Å². The number of carboxylic acids is 2. The molecular formula is C26H32N2O6. The number of hydrogen-bond donors (Lipinski definition) is 3. The number of benzene rings is 2. The van der Waals surface area contributed by atoms with Gasteiger partial charge in [-0.3, -0.25) is 9.69 Å². The Morgan fingerprint density at radius 2 is 1.47 bits per heavy atom. The number of likely N-dealkylation sites (tertiary alicyclic amines) is 1. The quantitative estimate of drug-likeness (QED) is 0.551. The molecule has 0 bridgehead atoms. The number of aliphatic carboxylic acids is 2. The fourth-order valence-corrected chi connectivity index (χ4v) is 4.33. The van der Waals surface area contributed by atoms with Crippen LogP contribution >= 0.6 is 0 Å². The van der Waals surface area contributed by atoms with Gasteiger partial charge in [0.1, 0.15) is 11.5 Å². The highest BCUT2D eigenvalue weighted by Gasteiger charge is 2.27. The van der Waals surface area contributed by atoms with Crippen molar-refractivity contribution in [3.63, 3.8) is 0 Å². The van der Waals surface area contributed by atoms with E-state index < -0.39 is 11.9 Å². The first kappa shape index (κ1) is 25.2. The van der Waals surface area contributed by atoms with Crippen LogP contribution in [-0.2, 0) is 20.9 Å². The summed E-state index contributed by atoms with van der Waals surface area (Å²) >= 11 is 0. The van der Waals surface area contributed by atoms with E-state index in [1.165, 1.54) is 18.4 Å². The summed E-state index contributed by atoms with van der Waals surface area (Å²) < 4.78 is 5.95. The van der Waals surface area contributed by atoms with Crippen LogP contribution in [0.5, 0.6) is 11.5 Å². The van der Waals surface area contributed by atoms with Gasteiger partial charge in [0.15, 0.2) is 0 Å². The Morgan fingerprint density at radius 1 is 0.853 bits per heavy atom. The lowest BCUT2D eigenvalue weighted by molar-refractivity contribution is -0.159. The zero-order valence-corrected chi connectivity index (χ0v) is 19.2. The average molecular weight is 469 g/mol. The SMILES string of the molecule is O=C(NC1CCCC1)C1CCN(Cc2cccc(Oc3ccccc3)c2)CC1.O=C(O)C(=O)O. The van der Waals surface area contributed by atoms with Gasteiger partial charge in [-0.05, 0) is 68.6 Å². The van der Waals surface area contributed by atoms with Crippen LogP contribution in [0.15, 0.2) is 54.6 Å². The molecule has 1 aliphatic heterocycles. The average Bonchev–Trinajstić information content (AvgIpc) is 3.34. The van der Waals surface area contributed by atoms with E-state index in [0.29, 0.717) is 6.04 Å². The Labute approximate surface area is 199 Å². The van der Waals surface area contributed by atoms with Gasteiger partial charge in [0, 0.05) is 18.5 Å². The van der Waals surface area contributed by atoms with Crippen molar-refractivity contribution in [1.29, 1.82) is 0 Å². The minimum absolute atomic E-state index is 0.185. The van der Waals surface area contributed by atoms with Gasteiger partial charge in [0.05, 0.1) is 0 Å². The number of rotatable bonds is 6. The molecule has 2 fully saturated rings.